The molecule has 11 heteroatoms. The van der Waals surface area contributed by atoms with Gasteiger partial charge in [0, 0.05) is 37.7 Å². The first-order valence-electron chi connectivity index (χ1n) is 14.1. The largest absolute Gasteiger partial charge is 0.550 e. The van der Waals surface area contributed by atoms with E-state index in [-0.39, 0.29) is 0 Å². The van der Waals surface area contributed by atoms with Crippen molar-refractivity contribution < 1.29 is 49.4 Å². The number of aliphatic carboxylic acids is 3. The zero-order valence-electron chi connectivity index (χ0n) is 25.1. The molecular formula is C33H38NO10-3. The average molecular weight is 609 g/mol. The predicted molar refractivity (Wildman–Crippen MR) is 155 cm³/mol. The Kier molecular flexibility index (Phi) is 13.8. The van der Waals surface area contributed by atoms with Crippen molar-refractivity contribution in [3.8, 4) is 11.5 Å². The Labute approximate surface area is 256 Å². The van der Waals surface area contributed by atoms with Gasteiger partial charge in [-0.15, -0.1) is 0 Å². The van der Waals surface area contributed by atoms with Crippen LogP contribution in [0, 0.1) is 0 Å². The van der Waals surface area contributed by atoms with E-state index in [1.807, 2.05) is 78.9 Å². The lowest BCUT2D eigenvalue weighted by Crippen LogP contribution is -2.54. The van der Waals surface area contributed by atoms with Gasteiger partial charge in [0.1, 0.15) is 29.3 Å². The third-order valence-corrected chi connectivity index (χ3v) is 7.03. The molecule has 0 heterocycles. The average Bonchev–Trinajstić information content (AvgIpc) is 3.00. The molecule has 0 amide bonds. The van der Waals surface area contributed by atoms with Gasteiger partial charge in [0.2, 0.25) is 0 Å². The van der Waals surface area contributed by atoms with Crippen LogP contribution in [0.1, 0.15) is 43.4 Å². The van der Waals surface area contributed by atoms with E-state index >= 15 is 0 Å². The maximum absolute atomic E-state index is 11.9. The first kappa shape index (κ1) is 35.7. The van der Waals surface area contributed by atoms with Gasteiger partial charge in [-0.2, -0.15) is 0 Å². The van der Waals surface area contributed by atoms with E-state index in [9.17, 15) is 34.8 Å². The van der Waals surface area contributed by atoms with Gasteiger partial charge in [-0.25, -0.2) is 0 Å². The summed E-state index contributed by atoms with van der Waals surface area (Å²) >= 11 is 0. The summed E-state index contributed by atoms with van der Waals surface area (Å²) in [4.78, 5) is 32.3. The molecule has 11 nitrogen and oxygen atoms in total. The Balaban J connectivity index is 0.000000439. The minimum Gasteiger partial charge on any atom is -0.550 e. The Hall–Kier alpha value is -4.45. The number of hydrogen-bond donors (Lipinski definition) is 2. The predicted octanol–water partition coefficient (Wildman–Crippen LogP) is -0.358. The molecule has 0 spiro atoms. The quantitative estimate of drug-likeness (QED) is 0.217. The van der Waals surface area contributed by atoms with E-state index in [4.69, 9.17) is 14.6 Å². The molecule has 0 radical (unpaired) electrons. The normalized spacial score (nSPS) is 12.4. The fourth-order valence-corrected chi connectivity index (χ4v) is 4.47. The Morgan fingerprint density at radius 3 is 1.70 bits per heavy atom. The smallest absolute Gasteiger partial charge is 0.119 e. The summed E-state index contributed by atoms with van der Waals surface area (Å²) in [7, 11) is 1.65. The van der Waals surface area contributed by atoms with E-state index in [2.05, 4.69) is 18.7 Å². The Morgan fingerprint density at radius 1 is 0.750 bits per heavy atom. The van der Waals surface area contributed by atoms with Crippen LogP contribution < -0.4 is 24.8 Å². The molecular weight excluding hydrogens is 570 g/mol. The lowest BCUT2D eigenvalue weighted by atomic mass is 9.81. The number of methoxy groups -OCH3 is 1. The number of likely N-dealkylation sites (N-methyl/N-ethyl adjacent to an activating group) is 1. The lowest BCUT2D eigenvalue weighted by molar-refractivity contribution is -0.339. The molecule has 3 rings (SSSR count). The summed E-state index contributed by atoms with van der Waals surface area (Å²) in [5, 5.41) is 50.8. The van der Waals surface area contributed by atoms with Gasteiger partial charge in [0.15, 0.2) is 0 Å². The summed E-state index contributed by atoms with van der Waals surface area (Å²) in [6, 6.07) is 25.5. The van der Waals surface area contributed by atoms with Crippen molar-refractivity contribution in [3.05, 3.63) is 95.6 Å². The second kappa shape index (κ2) is 17.0. The molecule has 0 fully saturated rings. The van der Waals surface area contributed by atoms with Crippen molar-refractivity contribution in [1.82, 2.24) is 4.90 Å². The van der Waals surface area contributed by atoms with Crippen LogP contribution in [-0.4, -0.2) is 72.0 Å². The van der Waals surface area contributed by atoms with Crippen molar-refractivity contribution in [2.75, 3.05) is 33.4 Å². The number of carbonyl (C=O) groups excluding carboxylic acids is 3. The van der Waals surface area contributed by atoms with Gasteiger partial charge in [-0.05, 0) is 54.0 Å². The van der Waals surface area contributed by atoms with Crippen molar-refractivity contribution in [3.63, 3.8) is 0 Å². The van der Waals surface area contributed by atoms with Gasteiger partial charge in [0.05, 0.1) is 13.1 Å². The molecule has 0 aromatic heterocycles. The number of ether oxygens (including phenoxy) is 2. The fraction of sp³-hybridized carbons (Fsp3) is 0.364. The van der Waals surface area contributed by atoms with Gasteiger partial charge < -0.3 is 54.3 Å². The fourth-order valence-electron chi connectivity index (χ4n) is 4.47. The first-order valence-corrected chi connectivity index (χ1v) is 14.1. The van der Waals surface area contributed by atoms with Crippen molar-refractivity contribution in [2.24, 2.45) is 0 Å². The molecule has 44 heavy (non-hydrogen) atoms. The maximum atomic E-state index is 11.9. The molecule has 0 saturated carbocycles. The number of rotatable bonds is 16. The van der Waals surface area contributed by atoms with Gasteiger partial charge in [-0.3, -0.25) is 0 Å². The first-order chi connectivity index (χ1) is 20.9. The number of nitrogens with zero attached hydrogens (tertiary/aromatic N) is 1. The highest BCUT2D eigenvalue weighted by Crippen LogP contribution is 2.34. The van der Waals surface area contributed by atoms with Crippen LogP contribution in [-0.2, 0) is 26.4 Å². The lowest BCUT2D eigenvalue weighted by Gasteiger charge is -2.30. The molecule has 0 aliphatic rings. The Bertz CT molecular complexity index is 1310. The van der Waals surface area contributed by atoms with Crippen molar-refractivity contribution in [2.45, 2.75) is 44.3 Å². The van der Waals surface area contributed by atoms with Crippen LogP contribution in [0.5, 0.6) is 11.5 Å². The van der Waals surface area contributed by atoms with Gasteiger partial charge in [0.25, 0.3) is 0 Å². The molecule has 0 saturated heterocycles. The van der Waals surface area contributed by atoms with E-state index in [1.165, 1.54) is 0 Å². The van der Waals surface area contributed by atoms with Crippen LogP contribution in [0.3, 0.4) is 0 Å². The number of aliphatic hydroxyl groups is 2. The molecule has 1 unspecified atom stereocenters. The van der Waals surface area contributed by atoms with Gasteiger partial charge >= 0.3 is 0 Å². The molecule has 0 bridgehead atoms. The summed E-state index contributed by atoms with van der Waals surface area (Å²) in [6.45, 7) is 7.91. The summed E-state index contributed by atoms with van der Waals surface area (Å²) in [6.07, 6.45) is -2.25. The summed E-state index contributed by atoms with van der Waals surface area (Å²) < 4.78 is 11.2. The van der Waals surface area contributed by atoms with E-state index < -0.39 is 42.0 Å². The number of hydrogen-bond acceptors (Lipinski definition) is 11. The minimum atomic E-state index is -2.97. The molecule has 3 aromatic rings. The van der Waals surface area contributed by atoms with Crippen LogP contribution >= 0.6 is 0 Å². The second-order valence-corrected chi connectivity index (χ2v) is 10.1. The third kappa shape index (κ3) is 10.7. The minimum absolute atomic E-state index is 0.461. The zero-order chi connectivity index (χ0) is 32.8. The van der Waals surface area contributed by atoms with Crippen LogP contribution in [0.2, 0.25) is 0 Å². The SMILES string of the molecule is CCN(CC)CCOc1ccc(C(O)(Cc2ccc(OC)cc2)c2ccccc2)cc1.O=C([O-])CC(O)(CC(=O)[O-])C(=O)[O-]. The molecule has 0 aliphatic heterocycles. The molecule has 238 valence electrons. The van der Waals surface area contributed by atoms with Crippen molar-refractivity contribution in [1.29, 1.82) is 0 Å². The topological polar surface area (TPSA) is 183 Å². The molecule has 3 aromatic carbocycles. The number of carboxylic acid groups (broad SMARTS) is 3. The van der Waals surface area contributed by atoms with E-state index in [0.29, 0.717) is 13.0 Å². The zero-order valence-corrected chi connectivity index (χ0v) is 25.1. The van der Waals surface area contributed by atoms with Crippen LogP contribution in [0.25, 0.3) is 0 Å². The highest BCUT2D eigenvalue weighted by atomic mass is 16.5. The van der Waals surface area contributed by atoms with Crippen LogP contribution in [0.15, 0.2) is 78.9 Å². The Morgan fingerprint density at radius 2 is 1.25 bits per heavy atom. The van der Waals surface area contributed by atoms with Gasteiger partial charge in [-0.1, -0.05) is 68.4 Å². The summed E-state index contributed by atoms with van der Waals surface area (Å²) in [5.41, 5.74) is -1.38. The standard InChI is InChI=1S/C27H33NO3.C6H8O7/c1-4-28(5-2)19-20-31-26-17-13-24(14-18-26)27(29,23-9-7-6-8-10-23)21-22-11-15-25(30-3)16-12-22;7-3(8)1-6(13,5(11)12)2-4(9)10/h6-18,29H,4-5,19-21H2,1-3H3;13H,1-2H2,(H,7,8)(H,9,10)(H,11,12)/p-3. The maximum Gasteiger partial charge on any atom is 0.119 e. The van der Waals surface area contributed by atoms with Crippen LogP contribution in [0.4, 0.5) is 0 Å². The molecule has 0 aliphatic carbocycles. The third-order valence-electron chi connectivity index (χ3n) is 7.03. The number of benzene rings is 3. The van der Waals surface area contributed by atoms with E-state index in [1.54, 1.807) is 7.11 Å². The highest BCUT2D eigenvalue weighted by Gasteiger charge is 2.32. The highest BCUT2D eigenvalue weighted by molar-refractivity contribution is 5.86. The number of carboxylic acids is 3. The molecule has 2 N–H and O–H groups in total. The van der Waals surface area contributed by atoms with Crippen molar-refractivity contribution >= 4 is 17.9 Å². The number of carbonyl (C=O) groups is 3. The summed E-state index contributed by atoms with van der Waals surface area (Å²) in [5.74, 6) is -4.37. The molecule has 1 atom stereocenters. The second-order valence-electron chi connectivity index (χ2n) is 10.1. The monoisotopic (exact) mass is 608 g/mol. The van der Waals surface area contributed by atoms with E-state index in [0.717, 1.165) is 47.8 Å².